The van der Waals surface area contributed by atoms with Crippen molar-refractivity contribution in [2.75, 3.05) is 6.54 Å². The van der Waals surface area contributed by atoms with E-state index >= 15 is 0 Å². The molecule has 9 heteroatoms. The number of benzene rings is 2. The zero-order valence-corrected chi connectivity index (χ0v) is 15.4. The molecule has 0 spiro atoms. The molecule has 4 nitrogen and oxygen atoms in total. The lowest BCUT2D eigenvalue weighted by Gasteiger charge is -2.20. The second kappa shape index (κ2) is 9.49. The highest BCUT2D eigenvalue weighted by molar-refractivity contribution is 5.96. The van der Waals surface area contributed by atoms with Gasteiger partial charge < -0.3 is 10.6 Å². The predicted molar refractivity (Wildman–Crippen MR) is 95.9 cm³/mol. The highest BCUT2D eigenvalue weighted by Gasteiger charge is 2.31. The average Bonchev–Trinajstić information content (AvgIpc) is 2.64. The molecule has 0 radical (unpaired) electrons. The smallest absolute Gasteiger partial charge is 0.348 e. The summed E-state index contributed by atoms with van der Waals surface area (Å²) >= 11 is 0. The number of carbonyl (C=O) groups excluding carboxylic acids is 2. The molecular formula is C20H19F5N2O2. The first-order chi connectivity index (χ1) is 13.6. The topological polar surface area (TPSA) is 58.2 Å². The second-order valence-electron chi connectivity index (χ2n) is 6.37. The number of halogens is 5. The van der Waals surface area contributed by atoms with Crippen molar-refractivity contribution >= 4 is 11.8 Å². The van der Waals surface area contributed by atoms with Crippen LogP contribution in [0.4, 0.5) is 22.0 Å². The SMILES string of the molecule is CCCC(NC(=O)CNC(=O)c1cc(F)cc(F)c1)c1cccc(C(F)(F)F)c1. The van der Waals surface area contributed by atoms with Crippen LogP contribution in [0.1, 0.15) is 47.3 Å². The lowest BCUT2D eigenvalue weighted by Crippen LogP contribution is -2.38. The van der Waals surface area contributed by atoms with Crippen LogP contribution in [-0.4, -0.2) is 18.4 Å². The molecule has 2 amide bonds. The summed E-state index contributed by atoms with van der Waals surface area (Å²) in [5.74, 6) is -3.38. The zero-order chi connectivity index (χ0) is 21.6. The molecule has 1 unspecified atom stereocenters. The molecule has 2 aromatic carbocycles. The molecule has 2 N–H and O–H groups in total. The molecule has 0 aliphatic heterocycles. The van der Waals surface area contributed by atoms with Crippen molar-refractivity contribution in [2.45, 2.75) is 32.0 Å². The van der Waals surface area contributed by atoms with Crippen molar-refractivity contribution in [1.82, 2.24) is 10.6 Å². The Morgan fingerprint density at radius 2 is 1.69 bits per heavy atom. The summed E-state index contributed by atoms with van der Waals surface area (Å²) in [6.07, 6.45) is -3.53. The van der Waals surface area contributed by atoms with Gasteiger partial charge >= 0.3 is 6.18 Å². The van der Waals surface area contributed by atoms with Crippen LogP contribution in [0.2, 0.25) is 0 Å². The van der Waals surface area contributed by atoms with Gasteiger partial charge in [-0.25, -0.2) is 8.78 Å². The van der Waals surface area contributed by atoms with E-state index < -0.39 is 47.8 Å². The first-order valence-corrected chi connectivity index (χ1v) is 8.81. The van der Waals surface area contributed by atoms with Crippen LogP contribution in [0.25, 0.3) is 0 Å². The van der Waals surface area contributed by atoms with Crippen LogP contribution < -0.4 is 10.6 Å². The molecule has 0 fully saturated rings. The molecule has 0 bridgehead atoms. The maximum absolute atomic E-state index is 13.2. The third-order valence-electron chi connectivity index (χ3n) is 4.06. The Morgan fingerprint density at radius 3 is 2.28 bits per heavy atom. The lowest BCUT2D eigenvalue weighted by atomic mass is 10.00. The summed E-state index contributed by atoms with van der Waals surface area (Å²) in [5.41, 5.74) is -0.835. The van der Waals surface area contributed by atoms with Crippen LogP contribution >= 0.6 is 0 Å². The van der Waals surface area contributed by atoms with Crippen molar-refractivity contribution in [3.8, 4) is 0 Å². The van der Waals surface area contributed by atoms with Crippen LogP contribution in [0, 0.1) is 11.6 Å². The van der Waals surface area contributed by atoms with Crippen LogP contribution in [-0.2, 0) is 11.0 Å². The van der Waals surface area contributed by atoms with Crippen molar-refractivity contribution < 1.29 is 31.5 Å². The van der Waals surface area contributed by atoms with Gasteiger partial charge in [0.05, 0.1) is 18.2 Å². The lowest BCUT2D eigenvalue weighted by molar-refractivity contribution is -0.137. The molecule has 0 saturated carbocycles. The van der Waals surface area contributed by atoms with Gasteiger partial charge in [0.1, 0.15) is 11.6 Å². The third kappa shape index (κ3) is 6.55. The second-order valence-corrected chi connectivity index (χ2v) is 6.37. The maximum Gasteiger partial charge on any atom is 0.416 e. The Bertz CT molecular complexity index is 863. The van der Waals surface area contributed by atoms with E-state index in [1.54, 1.807) is 0 Å². The van der Waals surface area contributed by atoms with E-state index in [1.807, 2.05) is 6.92 Å². The van der Waals surface area contributed by atoms with Crippen molar-refractivity contribution in [3.63, 3.8) is 0 Å². The normalized spacial score (nSPS) is 12.3. The van der Waals surface area contributed by atoms with E-state index in [-0.39, 0.29) is 11.1 Å². The fourth-order valence-corrected chi connectivity index (χ4v) is 2.74. The zero-order valence-electron chi connectivity index (χ0n) is 15.4. The highest BCUT2D eigenvalue weighted by atomic mass is 19.4. The Kier molecular flexibility index (Phi) is 7.30. The van der Waals surface area contributed by atoms with Gasteiger partial charge in [-0.3, -0.25) is 9.59 Å². The first-order valence-electron chi connectivity index (χ1n) is 8.81. The minimum absolute atomic E-state index is 0.286. The molecule has 0 aliphatic rings. The van der Waals surface area contributed by atoms with Crippen molar-refractivity contribution in [3.05, 3.63) is 70.8 Å². The molecule has 2 aromatic rings. The number of amides is 2. The fourth-order valence-electron chi connectivity index (χ4n) is 2.74. The molecule has 156 valence electrons. The number of alkyl halides is 3. The maximum atomic E-state index is 13.2. The molecule has 29 heavy (non-hydrogen) atoms. The number of hydrogen-bond acceptors (Lipinski definition) is 2. The quantitative estimate of drug-likeness (QED) is 0.661. The molecule has 0 aliphatic carbocycles. The fraction of sp³-hybridized carbons (Fsp3) is 0.300. The molecule has 0 heterocycles. The van der Waals surface area contributed by atoms with Gasteiger partial charge in [-0.15, -0.1) is 0 Å². The van der Waals surface area contributed by atoms with E-state index in [0.717, 1.165) is 24.3 Å². The van der Waals surface area contributed by atoms with Gasteiger partial charge in [0.25, 0.3) is 5.91 Å². The monoisotopic (exact) mass is 414 g/mol. The average molecular weight is 414 g/mol. The Hall–Kier alpha value is -2.97. The Balaban J connectivity index is 2.03. The largest absolute Gasteiger partial charge is 0.416 e. The van der Waals surface area contributed by atoms with Gasteiger partial charge in [0.2, 0.25) is 5.91 Å². The van der Waals surface area contributed by atoms with Gasteiger partial charge in [-0.2, -0.15) is 13.2 Å². The van der Waals surface area contributed by atoms with E-state index in [1.165, 1.54) is 12.1 Å². The molecule has 2 rings (SSSR count). The van der Waals surface area contributed by atoms with E-state index in [9.17, 15) is 31.5 Å². The minimum Gasteiger partial charge on any atom is -0.348 e. The summed E-state index contributed by atoms with van der Waals surface area (Å²) in [4.78, 5) is 24.1. The Labute approximate surface area is 164 Å². The number of hydrogen-bond donors (Lipinski definition) is 2. The van der Waals surface area contributed by atoms with E-state index in [0.29, 0.717) is 18.9 Å². The predicted octanol–water partition coefficient (Wildman–Crippen LogP) is 4.37. The van der Waals surface area contributed by atoms with Crippen LogP contribution in [0.15, 0.2) is 42.5 Å². The third-order valence-corrected chi connectivity index (χ3v) is 4.06. The van der Waals surface area contributed by atoms with Gasteiger partial charge in [-0.05, 0) is 36.2 Å². The van der Waals surface area contributed by atoms with Crippen molar-refractivity contribution in [2.24, 2.45) is 0 Å². The summed E-state index contributed by atoms with van der Waals surface area (Å²) < 4.78 is 65.1. The molecule has 0 saturated heterocycles. The first kappa shape index (κ1) is 22.3. The highest BCUT2D eigenvalue weighted by Crippen LogP contribution is 2.31. The molecule has 0 aromatic heterocycles. The summed E-state index contributed by atoms with van der Waals surface area (Å²) in [5, 5.41) is 4.80. The molecular weight excluding hydrogens is 395 g/mol. The van der Waals surface area contributed by atoms with Gasteiger partial charge in [0.15, 0.2) is 0 Å². The Morgan fingerprint density at radius 1 is 1.03 bits per heavy atom. The standard InChI is InChI=1S/C20H19F5N2O2/c1-2-4-17(12-5-3-6-14(7-12)20(23,24)25)27-18(28)11-26-19(29)13-8-15(21)10-16(22)9-13/h3,5-10,17H,2,4,11H2,1H3,(H,26,29)(H,27,28). The minimum atomic E-state index is -4.51. The summed E-state index contributed by atoms with van der Waals surface area (Å²) in [6.45, 7) is 1.31. The number of nitrogens with one attached hydrogen (secondary N) is 2. The van der Waals surface area contributed by atoms with E-state index in [2.05, 4.69) is 10.6 Å². The van der Waals surface area contributed by atoms with Crippen LogP contribution in [0.5, 0.6) is 0 Å². The van der Waals surface area contributed by atoms with Crippen LogP contribution in [0.3, 0.4) is 0 Å². The summed E-state index contributed by atoms with van der Waals surface area (Å²) in [6, 6.07) is 6.20. The van der Waals surface area contributed by atoms with Crippen molar-refractivity contribution in [1.29, 1.82) is 0 Å². The van der Waals surface area contributed by atoms with E-state index in [4.69, 9.17) is 0 Å². The number of carbonyl (C=O) groups is 2. The number of rotatable bonds is 7. The summed E-state index contributed by atoms with van der Waals surface area (Å²) in [7, 11) is 0. The molecule has 1 atom stereocenters. The van der Waals surface area contributed by atoms with Gasteiger partial charge in [0, 0.05) is 11.6 Å². The van der Waals surface area contributed by atoms with Gasteiger partial charge in [-0.1, -0.05) is 25.5 Å².